The zero-order chi connectivity index (χ0) is 18.1. The lowest BCUT2D eigenvalue weighted by Gasteiger charge is -2.12. The molecule has 5 nitrogen and oxygen atoms in total. The van der Waals surface area contributed by atoms with E-state index in [-0.39, 0.29) is 5.91 Å². The van der Waals surface area contributed by atoms with Crippen LogP contribution in [-0.2, 0) is 14.3 Å². The Bertz CT molecular complexity index is 740. The van der Waals surface area contributed by atoms with Gasteiger partial charge in [-0.2, -0.15) is 0 Å². The van der Waals surface area contributed by atoms with Gasteiger partial charge in [0.2, 0.25) is 0 Å². The fraction of sp³-hybridized carbons (Fsp3) is 0.200. The van der Waals surface area contributed by atoms with E-state index in [0.717, 1.165) is 5.56 Å². The van der Waals surface area contributed by atoms with Crippen molar-refractivity contribution in [1.82, 2.24) is 0 Å². The second kappa shape index (κ2) is 9.27. The molecule has 0 aliphatic rings. The number of hydrogen-bond acceptors (Lipinski definition) is 4. The fourth-order valence-electron chi connectivity index (χ4n) is 2.10. The monoisotopic (exact) mass is 339 g/mol. The average molecular weight is 339 g/mol. The van der Waals surface area contributed by atoms with Crippen LogP contribution in [0.3, 0.4) is 0 Å². The van der Waals surface area contributed by atoms with E-state index in [1.807, 2.05) is 49.4 Å². The largest absolute Gasteiger partial charge is 0.493 e. The summed E-state index contributed by atoms with van der Waals surface area (Å²) >= 11 is 0. The zero-order valence-electron chi connectivity index (χ0n) is 14.3. The molecule has 0 aromatic heterocycles. The molecule has 2 aromatic rings. The summed E-state index contributed by atoms with van der Waals surface area (Å²) in [6, 6.07) is 16.4. The van der Waals surface area contributed by atoms with Gasteiger partial charge in [0.15, 0.2) is 6.10 Å². The molecule has 0 radical (unpaired) electrons. The van der Waals surface area contributed by atoms with Gasteiger partial charge in [-0.3, -0.25) is 4.79 Å². The molecule has 0 aliphatic carbocycles. The molecule has 130 valence electrons. The van der Waals surface area contributed by atoms with Gasteiger partial charge in [0.25, 0.3) is 5.91 Å². The predicted molar refractivity (Wildman–Crippen MR) is 97.3 cm³/mol. The number of rotatable bonds is 7. The molecule has 0 unspecified atom stereocenters. The van der Waals surface area contributed by atoms with Crippen molar-refractivity contribution in [3.05, 3.63) is 66.2 Å². The third-order valence-electron chi connectivity index (χ3n) is 3.32. The molecule has 0 saturated heterocycles. The Morgan fingerprint density at radius 3 is 2.48 bits per heavy atom. The molecule has 0 saturated carbocycles. The van der Waals surface area contributed by atoms with Crippen molar-refractivity contribution in [3.8, 4) is 5.75 Å². The summed E-state index contributed by atoms with van der Waals surface area (Å²) < 4.78 is 10.6. The molecule has 2 aromatic carbocycles. The number of hydrogen-bond donors (Lipinski definition) is 1. The van der Waals surface area contributed by atoms with Crippen LogP contribution in [0.1, 0.15) is 19.4 Å². The van der Waals surface area contributed by atoms with Crippen molar-refractivity contribution < 1.29 is 19.1 Å². The quantitative estimate of drug-likeness (QED) is 0.617. The maximum absolute atomic E-state index is 12.0. The second-order valence-corrected chi connectivity index (χ2v) is 5.24. The highest BCUT2D eigenvalue weighted by molar-refractivity contribution is 5.96. The van der Waals surface area contributed by atoms with Crippen molar-refractivity contribution in [2.45, 2.75) is 20.0 Å². The molecule has 0 aliphatic heterocycles. The summed E-state index contributed by atoms with van der Waals surface area (Å²) in [5.74, 6) is -0.298. The Morgan fingerprint density at radius 1 is 1.08 bits per heavy atom. The SMILES string of the molecule is CCOc1ccccc1/C=C/C(=O)O[C@H](C)C(=O)Nc1ccccc1. The summed E-state index contributed by atoms with van der Waals surface area (Å²) in [6.45, 7) is 3.95. The topological polar surface area (TPSA) is 64.6 Å². The standard InChI is InChI=1S/C20H21NO4/c1-3-24-18-12-8-7-9-16(18)13-14-19(22)25-15(2)20(23)21-17-10-5-4-6-11-17/h4-15H,3H2,1-2H3,(H,21,23)/b14-13+/t15-/m1/s1. The van der Waals surface area contributed by atoms with Crippen LogP contribution in [0.15, 0.2) is 60.7 Å². The van der Waals surface area contributed by atoms with E-state index in [4.69, 9.17) is 9.47 Å². The van der Waals surface area contributed by atoms with Gasteiger partial charge in [0, 0.05) is 17.3 Å². The first-order valence-electron chi connectivity index (χ1n) is 8.06. The summed E-state index contributed by atoms with van der Waals surface area (Å²) in [4.78, 5) is 24.0. The highest BCUT2D eigenvalue weighted by Gasteiger charge is 2.16. The second-order valence-electron chi connectivity index (χ2n) is 5.24. The first kappa shape index (κ1) is 18.3. The molecule has 5 heteroatoms. The number of anilines is 1. The van der Waals surface area contributed by atoms with Crippen LogP contribution in [0.2, 0.25) is 0 Å². The number of ether oxygens (including phenoxy) is 2. The van der Waals surface area contributed by atoms with E-state index in [2.05, 4.69) is 5.32 Å². The molecule has 0 heterocycles. The summed E-state index contributed by atoms with van der Waals surface area (Å²) in [7, 11) is 0. The van der Waals surface area contributed by atoms with Gasteiger partial charge in [-0.05, 0) is 38.1 Å². The Hall–Kier alpha value is -3.08. The molecule has 2 rings (SSSR count). The van der Waals surface area contributed by atoms with Crippen molar-refractivity contribution in [1.29, 1.82) is 0 Å². The molecule has 1 N–H and O–H groups in total. The fourth-order valence-corrected chi connectivity index (χ4v) is 2.10. The van der Waals surface area contributed by atoms with E-state index < -0.39 is 12.1 Å². The molecule has 0 spiro atoms. The van der Waals surface area contributed by atoms with E-state index in [0.29, 0.717) is 18.0 Å². The minimum absolute atomic E-state index is 0.386. The van der Waals surface area contributed by atoms with Crippen molar-refractivity contribution in [2.24, 2.45) is 0 Å². The summed E-state index contributed by atoms with van der Waals surface area (Å²) in [5.41, 5.74) is 1.42. The maximum atomic E-state index is 12.0. The van der Waals surface area contributed by atoms with E-state index in [9.17, 15) is 9.59 Å². The zero-order valence-corrected chi connectivity index (χ0v) is 14.3. The lowest BCUT2D eigenvalue weighted by atomic mass is 10.2. The normalized spacial score (nSPS) is 11.8. The third kappa shape index (κ3) is 5.80. The van der Waals surface area contributed by atoms with Crippen LogP contribution in [0, 0.1) is 0 Å². The number of benzene rings is 2. The van der Waals surface area contributed by atoms with Gasteiger partial charge in [0.1, 0.15) is 5.75 Å². The molecule has 0 fully saturated rings. The molecular formula is C20H21NO4. The lowest BCUT2D eigenvalue weighted by molar-refractivity contribution is -0.148. The smallest absolute Gasteiger partial charge is 0.331 e. The summed E-state index contributed by atoms with van der Waals surface area (Å²) in [6.07, 6.45) is 1.98. The van der Waals surface area contributed by atoms with Gasteiger partial charge in [-0.15, -0.1) is 0 Å². The van der Waals surface area contributed by atoms with Crippen LogP contribution in [0.25, 0.3) is 6.08 Å². The van der Waals surface area contributed by atoms with Crippen molar-refractivity contribution >= 4 is 23.6 Å². The van der Waals surface area contributed by atoms with Crippen LogP contribution >= 0.6 is 0 Å². The number of amides is 1. The minimum Gasteiger partial charge on any atom is -0.493 e. The van der Waals surface area contributed by atoms with Crippen LogP contribution in [-0.4, -0.2) is 24.6 Å². The van der Waals surface area contributed by atoms with E-state index >= 15 is 0 Å². The first-order valence-corrected chi connectivity index (χ1v) is 8.06. The van der Waals surface area contributed by atoms with E-state index in [1.165, 1.54) is 13.0 Å². The van der Waals surface area contributed by atoms with Gasteiger partial charge in [0.05, 0.1) is 6.61 Å². The van der Waals surface area contributed by atoms with Gasteiger partial charge >= 0.3 is 5.97 Å². The highest BCUT2D eigenvalue weighted by Crippen LogP contribution is 2.19. The number of nitrogens with one attached hydrogen (secondary N) is 1. The number of para-hydroxylation sites is 2. The molecule has 1 amide bonds. The molecule has 25 heavy (non-hydrogen) atoms. The maximum Gasteiger partial charge on any atom is 0.331 e. The number of carbonyl (C=O) groups is 2. The number of esters is 1. The van der Waals surface area contributed by atoms with E-state index in [1.54, 1.807) is 18.2 Å². The van der Waals surface area contributed by atoms with Crippen molar-refractivity contribution in [3.63, 3.8) is 0 Å². The predicted octanol–water partition coefficient (Wildman–Crippen LogP) is 3.67. The average Bonchev–Trinajstić information content (AvgIpc) is 2.62. The Balaban J connectivity index is 1.92. The molecular weight excluding hydrogens is 318 g/mol. The minimum atomic E-state index is -0.903. The Kier molecular flexibility index (Phi) is 6.77. The molecule has 0 bridgehead atoms. The number of carbonyl (C=O) groups excluding carboxylic acids is 2. The highest BCUT2D eigenvalue weighted by atomic mass is 16.5. The van der Waals surface area contributed by atoms with Gasteiger partial charge in [-0.25, -0.2) is 4.79 Å². The van der Waals surface area contributed by atoms with Crippen molar-refractivity contribution in [2.75, 3.05) is 11.9 Å². The Morgan fingerprint density at radius 2 is 1.76 bits per heavy atom. The van der Waals surface area contributed by atoms with Gasteiger partial charge < -0.3 is 14.8 Å². The van der Waals surface area contributed by atoms with Crippen LogP contribution in [0.4, 0.5) is 5.69 Å². The Labute approximate surface area is 147 Å². The summed E-state index contributed by atoms with van der Waals surface area (Å²) in [5, 5.41) is 2.69. The van der Waals surface area contributed by atoms with Gasteiger partial charge in [-0.1, -0.05) is 36.4 Å². The molecule has 1 atom stereocenters. The first-order chi connectivity index (χ1) is 12.1. The lowest BCUT2D eigenvalue weighted by Crippen LogP contribution is -2.29. The van der Waals surface area contributed by atoms with Crippen LogP contribution in [0.5, 0.6) is 5.75 Å². The third-order valence-corrected chi connectivity index (χ3v) is 3.32. The van der Waals surface area contributed by atoms with Crippen LogP contribution < -0.4 is 10.1 Å².